The molecular weight excluding hydrogens is 188 g/mol. The molecule has 0 aliphatic carbocycles. The third-order valence-corrected chi connectivity index (χ3v) is 2.17. The van der Waals surface area contributed by atoms with Crippen molar-refractivity contribution >= 4 is 0 Å². The van der Waals surface area contributed by atoms with Gasteiger partial charge in [-0.25, -0.2) is 0 Å². The van der Waals surface area contributed by atoms with Crippen LogP contribution >= 0.6 is 0 Å². The highest BCUT2D eigenvalue weighted by Crippen LogP contribution is 2.07. The summed E-state index contributed by atoms with van der Waals surface area (Å²) in [6.45, 7) is 8.12. The molecule has 1 aromatic heterocycles. The molecule has 0 fully saturated rings. The Morgan fingerprint density at radius 1 is 1.40 bits per heavy atom. The molecule has 1 aromatic rings. The minimum absolute atomic E-state index is 0.648. The predicted octanol–water partition coefficient (Wildman–Crippen LogP) is 1.67. The van der Waals surface area contributed by atoms with Crippen LogP contribution in [0.2, 0.25) is 0 Å². The van der Waals surface area contributed by atoms with E-state index in [9.17, 15) is 5.11 Å². The Bertz CT molecular complexity index is 279. The number of pyridine rings is 1. The van der Waals surface area contributed by atoms with Gasteiger partial charge in [0.25, 0.3) is 0 Å². The summed E-state index contributed by atoms with van der Waals surface area (Å²) in [5, 5.41) is 9.74. The maximum absolute atomic E-state index is 9.74. The molecule has 0 unspecified atom stereocenters. The zero-order valence-electron chi connectivity index (χ0n) is 9.77. The molecule has 0 saturated carbocycles. The number of aliphatic hydroxyl groups is 1. The highest BCUT2D eigenvalue weighted by molar-refractivity contribution is 5.03. The maximum atomic E-state index is 9.74. The Hall–Kier alpha value is -0.930. The Kier molecular flexibility index (Phi) is 4.24. The first kappa shape index (κ1) is 12.1. The summed E-state index contributed by atoms with van der Waals surface area (Å²) in [5.74, 6) is 0. The first-order chi connectivity index (χ1) is 7.01. The van der Waals surface area contributed by atoms with Crippen molar-refractivity contribution in [2.75, 3.05) is 13.1 Å². The Balaban J connectivity index is 2.55. The minimum atomic E-state index is -0.648. The molecule has 84 valence electrons. The molecule has 0 aromatic carbocycles. The fourth-order valence-electron chi connectivity index (χ4n) is 1.55. The van der Waals surface area contributed by atoms with E-state index in [4.69, 9.17) is 0 Å². The molecule has 0 aliphatic heterocycles. The quantitative estimate of drug-likeness (QED) is 0.799. The molecule has 3 nitrogen and oxygen atoms in total. The van der Waals surface area contributed by atoms with E-state index in [1.54, 1.807) is 6.20 Å². The topological polar surface area (TPSA) is 36.4 Å². The Morgan fingerprint density at radius 2 is 2.13 bits per heavy atom. The fourth-order valence-corrected chi connectivity index (χ4v) is 1.55. The van der Waals surface area contributed by atoms with Crippen molar-refractivity contribution in [1.29, 1.82) is 0 Å². The van der Waals surface area contributed by atoms with E-state index < -0.39 is 5.60 Å². The summed E-state index contributed by atoms with van der Waals surface area (Å²) >= 11 is 0. The van der Waals surface area contributed by atoms with Crippen LogP contribution in [0.3, 0.4) is 0 Å². The zero-order valence-corrected chi connectivity index (χ0v) is 9.77. The average Bonchev–Trinajstić information content (AvgIpc) is 2.16. The largest absolute Gasteiger partial charge is 0.389 e. The molecule has 0 aliphatic rings. The van der Waals surface area contributed by atoms with Gasteiger partial charge < -0.3 is 5.11 Å². The van der Waals surface area contributed by atoms with Crippen LogP contribution in [0, 0.1) is 0 Å². The standard InChI is InChI=1S/C12H20N2O/c1-4-14(10-12(2,3)15)9-11-7-5-6-8-13-11/h5-8,15H,4,9-10H2,1-3H3. The zero-order chi connectivity index (χ0) is 11.3. The summed E-state index contributed by atoms with van der Waals surface area (Å²) in [6.07, 6.45) is 1.80. The van der Waals surface area contributed by atoms with Gasteiger partial charge in [-0.2, -0.15) is 0 Å². The van der Waals surface area contributed by atoms with Crippen molar-refractivity contribution in [3.8, 4) is 0 Å². The lowest BCUT2D eigenvalue weighted by molar-refractivity contribution is 0.0350. The molecule has 1 N–H and O–H groups in total. The van der Waals surface area contributed by atoms with Gasteiger partial charge in [0.1, 0.15) is 0 Å². The summed E-state index contributed by atoms with van der Waals surface area (Å²) in [5.41, 5.74) is 0.397. The molecule has 0 spiro atoms. The first-order valence-electron chi connectivity index (χ1n) is 5.36. The Morgan fingerprint density at radius 3 is 2.60 bits per heavy atom. The van der Waals surface area contributed by atoms with E-state index in [-0.39, 0.29) is 0 Å². The summed E-state index contributed by atoms with van der Waals surface area (Å²) in [7, 11) is 0. The lowest BCUT2D eigenvalue weighted by Crippen LogP contribution is -2.38. The molecule has 0 bridgehead atoms. The molecule has 0 amide bonds. The van der Waals surface area contributed by atoms with Gasteiger partial charge in [0.15, 0.2) is 0 Å². The molecule has 1 heterocycles. The van der Waals surface area contributed by atoms with Crippen molar-refractivity contribution in [2.24, 2.45) is 0 Å². The van der Waals surface area contributed by atoms with Crippen LogP contribution in [0.15, 0.2) is 24.4 Å². The SMILES string of the molecule is CCN(Cc1ccccn1)CC(C)(C)O. The van der Waals surface area contributed by atoms with Gasteiger partial charge in [0.05, 0.1) is 11.3 Å². The number of nitrogens with zero attached hydrogens (tertiary/aromatic N) is 2. The third-order valence-electron chi connectivity index (χ3n) is 2.17. The first-order valence-corrected chi connectivity index (χ1v) is 5.36. The van der Waals surface area contributed by atoms with Gasteiger partial charge >= 0.3 is 0 Å². The van der Waals surface area contributed by atoms with E-state index in [2.05, 4.69) is 16.8 Å². The van der Waals surface area contributed by atoms with Crippen molar-refractivity contribution in [3.63, 3.8) is 0 Å². The molecule has 0 radical (unpaired) electrons. The molecule has 0 atom stereocenters. The van der Waals surface area contributed by atoms with Crippen LogP contribution in [-0.2, 0) is 6.54 Å². The second-order valence-electron chi connectivity index (χ2n) is 4.44. The highest BCUT2D eigenvalue weighted by atomic mass is 16.3. The van der Waals surface area contributed by atoms with E-state index in [1.807, 2.05) is 32.0 Å². The summed E-state index contributed by atoms with van der Waals surface area (Å²) in [6, 6.07) is 5.91. The lowest BCUT2D eigenvalue weighted by atomic mass is 10.1. The summed E-state index contributed by atoms with van der Waals surface area (Å²) in [4.78, 5) is 6.46. The van der Waals surface area contributed by atoms with Crippen molar-refractivity contribution in [2.45, 2.75) is 32.9 Å². The number of hydrogen-bond acceptors (Lipinski definition) is 3. The Labute approximate surface area is 91.8 Å². The molecular formula is C12H20N2O. The van der Waals surface area contributed by atoms with E-state index in [0.717, 1.165) is 18.8 Å². The number of aromatic nitrogens is 1. The third kappa shape index (κ3) is 4.91. The van der Waals surface area contributed by atoms with Crippen LogP contribution in [-0.4, -0.2) is 33.7 Å². The van der Waals surface area contributed by atoms with Gasteiger partial charge in [0.2, 0.25) is 0 Å². The van der Waals surface area contributed by atoms with Crippen LogP contribution < -0.4 is 0 Å². The second kappa shape index (κ2) is 5.24. The number of hydrogen-bond donors (Lipinski definition) is 1. The second-order valence-corrected chi connectivity index (χ2v) is 4.44. The highest BCUT2D eigenvalue weighted by Gasteiger charge is 2.17. The monoisotopic (exact) mass is 208 g/mol. The minimum Gasteiger partial charge on any atom is -0.389 e. The summed E-state index contributed by atoms with van der Waals surface area (Å²) < 4.78 is 0. The van der Waals surface area contributed by atoms with Crippen LogP contribution in [0.4, 0.5) is 0 Å². The van der Waals surface area contributed by atoms with E-state index in [1.165, 1.54) is 0 Å². The van der Waals surface area contributed by atoms with E-state index >= 15 is 0 Å². The van der Waals surface area contributed by atoms with E-state index in [0.29, 0.717) is 6.54 Å². The van der Waals surface area contributed by atoms with Crippen molar-refractivity contribution < 1.29 is 5.11 Å². The van der Waals surface area contributed by atoms with Crippen LogP contribution in [0.1, 0.15) is 26.5 Å². The molecule has 1 rings (SSSR count). The van der Waals surface area contributed by atoms with Gasteiger partial charge in [-0.1, -0.05) is 13.0 Å². The normalized spacial score (nSPS) is 12.1. The van der Waals surface area contributed by atoms with Gasteiger partial charge in [-0.05, 0) is 32.5 Å². The lowest BCUT2D eigenvalue weighted by Gasteiger charge is -2.27. The van der Waals surface area contributed by atoms with Crippen molar-refractivity contribution in [1.82, 2.24) is 9.88 Å². The molecule has 3 heteroatoms. The van der Waals surface area contributed by atoms with Crippen LogP contribution in [0.5, 0.6) is 0 Å². The van der Waals surface area contributed by atoms with Crippen molar-refractivity contribution in [3.05, 3.63) is 30.1 Å². The average molecular weight is 208 g/mol. The fraction of sp³-hybridized carbons (Fsp3) is 0.583. The van der Waals surface area contributed by atoms with Gasteiger partial charge in [-0.15, -0.1) is 0 Å². The van der Waals surface area contributed by atoms with Gasteiger partial charge in [-0.3, -0.25) is 9.88 Å². The molecule has 0 saturated heterocycles. The number of likely N-dealkylation sites (N-methyl/N-ethyl adjacent to an activating group) is 1. The smallest absolute Gasteiger partial charge is 0.0718 e. The number of rotatable bonds is 5. The maximum Gasteiger partial charge on any atom is 0.0718 e. The predicted molar refractivity (Wildman–Crippen MR) is 61.5 cm³/mol. The molecule has 15 heavy (non-hydrogen) atoms. The van der Waals surface area contributed by atoms with Crippen LogP contribution in [0.25, 0.3) is 0 Å². The van der Waals surface area contributed by atoms with Gasteiger partial charge in [0, 0.05) is 19.3 Å².